The maximum atomic E-state index is 13.2. The number of nitrogens with zero attached hydrogens (tertiary/aromatic N) is 2. The van der Waals surface area contributed by atoms with Gasteiger partial charge in [-0.15, -0.1) is 0 Å². The minimum atomic E-state index is -1.61. The van der Waals surface area contributed by atoms with Crippen LogP contribution in [-0.4, -0.2) is 126 Å². The minimum absolute atomic E-state index is 0.0876. The topological polar surface area (TPSA) is 196 Å². The monoisotopic (exact) mass is 610 g/mol. The van der Waals surface area contributed by atoms with Gasteiger partial charge >= 0.3 is 0 Å². The van der Waals surface area contributed by atoms with Gasteiger partial charge < -0.3 is 45.4 Å². The predicted molar refractivity (Wildman–Crippen MR) is 156 cm³/mol. The summed E-state index contributed by atoms with van der Waals surface area (Å²) < 4.78 is 11.6. The Kier molecular flexibility index (Phi) is 18.6. The van der Waals surface area contributed by atoms with E-state index in [-0.39, 0.29) is 24.1 Å². The van der Waals surface area contributed by atoms with Crippen LogP contribution in [0.5, 0.6) is 0 Å². The van der Waals surface area contributed by atoms with E-state index in [4.69, 9.17) is 27.0 Å². The number of hydrogen-bond donors (Lipinski definition) is 7. The number of ketones is 1. The van der Waals surface area contributed by atoms with E-state index in [9.17, 15) is 30.0 Å². The summed E-state index contributed by atoms with van der Waals surface area (Å²) in [6.07, 6.45) is -1.22. The molecular weight excluding hydrogens is 558 g/mol. The Hall–Kier alpha value is -1.58. The molecule has 0 radical (unpaired) electrons. The van der Waals surface area contributed by atoms with E-state index in [1.54, 1.807) is 0 Å². The largest absolute Gasteiger partial charge is 0.394 e. The van der Waals surface area contributed by atoms with Gasteiger partial charge in [-0.3, -0.25) is 19.4 Å². The van der Waals surface area contributed by atoms with Gasteiger partial charge in [0.25, 0.3) is 0 Å². The number of quaternary nitrogens is 1. The second-order valence-electron chi connectivity index (χ2n) is 11.1. The van der Waals surface area contributed by atoms with Crippen LogP contribution in [0.4, 0.5) is 0 Å². The number of nitrogens with one attached hydrogen (secondary N) is 2. The average Bonchev–Trinajstić information content (AvgIpc) is 2.96. The highest BCUT2D eigenvalue weighted by atomic mass is 35.5. The second kappa shape index (κ2) is 20.3. The van der Waals surface area contributed by atoms with E-state index in [1.807, 2.05) is 0 Å². The number of ether oxygens (including phenoxy) is 2. The van der Waals surface area contributed by atoms with Gasteiger partial charge in [0, 0.05) is 30.7 Å². The Balaban J connectivity index is 2.75. The van der Waals surface area contributed by atoms with Gasteiger partial charge in [-0.2, -0.15) is 0 Å². The number of hydrogen-bond acceptors (Lipinski definition) is 9. The molecule has 1 aliphatic rings. The molecule has 0 unspecified atom stereocenters. The smallest absolute Gasteiger partial charge is 0.223 e. The number of Topliss-reactive ketones (excluding diaryl/α,β-unsaturated/α-hetero) is 1. The van der Waals surface area contributed by atoms with Crippen LogP contribution in [0.15, 0.2) is 4.99 Å². The van der Waals surface area contributed by atoms with Crippen molar-refractivity contribution in [3.05, 3.63) is 0 Å². The highest BCUT2D eigenvalue weighted by molar-refractivity contribution is 6.21. The Labute approximate surface area is 249 Å². The maximum Gasteiger partial charge on any atom is 0.223 e. The fraction of sp³-hybridized carbons (Fsp3) is 0.889. The van der Waals surface area contributed by atoms with E-state index < -0.39 is 49.8 Å². The van der Waals surface area contributed by atoms with Crippen molar-refractivity contribution in [1.82, 2.24) is 10.2 Å². The number of nitrogens with two attached hydrogens (primary N) is 1. The van der Waals surface area contributed by atoms with Crippen molar-refractivity contribution < 1.29 is 44.0 Å². The number of guanidine groups is 1. The molecule has 0 saturated carbocycles. The van der Waals surface area contributed by atoms with Gasteiger partial charge in [-0.05, 0) is 25.7 Å². The van der Waals surface area contributed by atoms with Gasteiger partial charge in [0.15, 0.2) is 12.1 Å². The lowest BCUT2D eigenvalue weighted by molar-refractivity contribution is -0.908. The summed E-state index contributed by atoms with van der Waals surface area (Å²) in [5, 5.41) is 42.4. The molecule has 1 rings (SSSR count). The van der Waals surface area contributed by atoms with Crippen molar-refractivity contribution in [2.45, 2.75) is 95.9 Å². The van der Waals surface area contributed by atoms with Crippen molar-refractivity contribution in [3.63, 3.8) is 0 Å². The van der Waals surface area contributed by atoms with Gasteiger partial charge in [0.2, 0.25) is 11.9 Å². The minimum Gasteiger partial charge on any atom is -0.394 e. The normalized spacial score (nSPS) is 24.2. The lowest BCUT2D eigenvalue weighted by Gasteiger charge is -2.39. The van der Waals surface area contributed by atoms with E-state index >= 15 is 0 Å². The van der Waals surface area contributed by atoms with Crippen molar-refractivity contribution >= 4 is 29.4 Å². The van der Waals surface area contributed by atoms with Crippen molar-refractivity contribution in [2.24, 2.45) is 16.6 Å². The highest BCUT2D eigenvalue weighted by Gasteiger charge is 2.44. The number of carbonyl (C=O) groups excluding carboxylic acids is 2. The summed E-state index contributed by atoms with van der Waals surface area (Å²) in [7, 11) is 2.22. The van der Waals surface area contributed by atoms with E-state index in [1.165, 1.54) is 0 Å². The van der Waals surface area contributed by atoms with E-state index in [2.05, 4.69) is 36.0 Å². The van der Waals surface area contributed by atoms with Crippen LogP contribution in [0, 0.1) is 5.92 Å². The number of unbranched alkanes of at least 4 members (excludes halogenated alkanes) is 3. The summed E-state index contributed by atoms with van der Waals surface area (Å²) in [5.74, 6) is -1.09. The molecule has 1 heterocycles. The van der Waals surface area contributed by atoms with Crippen LogP contribution in [0.1, 0.15) is 65.2 Å². The van der Waals surface area contributed by atoms with Crippen molar-refractivity contribution in [1.29, 1.82) is 0 Å². The number of aliphatic imine (C=N–C) groups is 1. The molecule has 1 amide bonds. The zero-order valence-corrected chi connectivity index (χ0v) is 25.6. The van der Waals surface area contributed by atoms with Crippen molar-refractivity contribution in [3.8, 4) is 0 Å². The molecule has 14 heteroatoms. The number of halogens is 1. The number of likely N-dealkylation sites (N-methyl/N-ethyl adjacent to an activating group) is 1. The molecule has 0 aliphatic carbocycles. The molecule has 1 fully saturated rings. The predicted octanol–water partition coefficient (Wildman–Crippen LogP) is -0.230. The molecule has 1 aliphatic heterocycles. The summed E-state index contributed by atoms with van der Waals surface area (Å²) in [5.41, 5.74) is 5.53. The lowest BCUT2D eigenvalue weighted by Crippen LogP contribution is -2.59. The standard InChI is InChI=1S/C27H52ClN5O8/c1-4-6-13-33(3,14-7-5-2)15-12-30-25(39)19(10-8-9-11-31-27(29)32-28)16-20(35)18-40-26-24(38)23(37)22(36)21(17-34)41-26/h19,21-24,26,34,36-38H,4-18H2,1-3H3,(H3-,29,30,31,32,39)/p+1/t19-,21+,22+,23-,24-,26-/m1/s1. The molecule has 0 aromatic rings. The zero-order valence-electron chi connectivity index (χ0n) is 24.8. The van der Waals surface area contributed by atoms with Crippen molar-refractivity contribution in [2.75, 3.05) is 53.0 Å². The zero-order chi connectivity index (χ0) is 30.8. The van der Waals surface area contributed by atoms with Gasteiger partial charge in [-0.25, -0.2) is 0 Å². The molecular formula is C27H53ClN5O8+. The lowest BCUT2D eigenvalue weighted by atomic mass is 9.95. The fourth-order valence-electron chi connectivity index (χ4n) is 4.78. The SMILES string of the molecule is CCCC[N+](C)(CCCC)CCNC(=O)[C@H](CCCCN=C(N)NCl)CC(=O)CO[C@@H]1O[C@@H](CO)[C@H](O)[C@@H](O)[C@H]1O. The van der Waals surface area contributed by atoms with Crippen LogP contribution in [-0.2, 0) is 19.1 Å². The Morgan fingerprint density at radius 2 is 1.71 bits per heavy atom. The first-order valence-electron chi connectivity index (χ1n) is 14.7. The summed E-state index contributed by atoms with van der Waals surface area (Å²) in [6.45, 7) is 7.06. The van der Waals surface area contributed by atoms with Crippen LogP contribution in [0.3, 0.4) is 0 Å². The molecule has 0 aromatic heterocycles. The van der Waals surface area contributed by atoms with Crippen LogP contribution >= 0.6 is 11.8 Å². The molecule has 0 aromatic carbocycles. The van der Waals surface area contributed by atoms with Crippen LogP contribution in [0.2, 0.25) is 0 Å². The molecule has 240 valence electrons. The molecule has 0 bridgehead atoms. The summed E-state index contributed by atoms with van der Waals surface area (Å²) in [4.78, 5) is 32.3. The summed E-state index contributed by atoms with van der Waals surface area (Å²) >= 11 is 5.40. The highest BCUT2D eigenvalue weighted by Crippen LogP contribution is 2.22. The van der Waals surface area contributed by atoms with E-state index in [0.29, 0.717) is 32.4 Å². The Morgan fingerprint density at radius 3 is 2.29 bits per heavy atom. The van der Waals surface area contributed by atoms with Gasteiger partial charge in [0.1, 0.15) is 31.0 Å². The summed E-state index contributed by atoms with van der Waals surface area (Å²) in [6, 6.07) is 0. The first-order chi connectivity index (χ1) is 19.5. The van der Waals surface area contributed by atoms with Crippen LogP contribution in [0.25, 0.3) is 0 Å². The average molecular weight is 611 g/mol. The first-order valence-corrected chi connectivity index (χ1v) is 15.1. The molecule has 0 spiro atoms. The fourth-order valence-corrected chi connectivity index (χ4v) is 4.84. The Morgan fingerprint density at radius 1 is 1.05 bits per heavy atom. The number of carbonyl (C=O) groups is 2. The van der Waals surface area contributed by atoms with Gasteiger partial charge in [-0.1, -0.05) is 33.1 Å². The van der Waals surface area contributed by atoms with Crippen LogP contribution < -0.4 is 15.9 Å². The van der Waals surface area contributed by atoms with E-state index in [0.717, 1.165) is 49.8 Å². The number of aliphatic hydroxyl groups excluding tert-OH is 4. The molecule has 8 N–H and O–H groups in total. The second-order valence-corrected chi connectivity index (χ2v) is 11.3. The molecule has 13 nitrogen and oxygen atoms in total. The third kappa shape index (κ3) is 14.0. The third-order valence-corrected chi connectivity index (χ3v) is 7.69. The van der Waals surface area contributed by atoms with Gasteiger partial charge in [0.05, 0.1) is 39.8 Å². The third-order valence-electron chi connectivity index (χ3n) is 7.50. The first kappa shape index (κ1) is 37.4. The number of amides is 1. The quantitative estimate of drug-likeness (QED) is 0.0300. The molecule has 6 atom stereocenters. The Bertz CT molecular complexity index is 783. The molecule has 41 heavy (non-hydrogen) atoms. The number of aliphatic hydroxyl groups is 4. The number of rotatable bonds is 21. The maximum absolute atomic E-state index is 13.2. The molecule has 1 saturated heterocycles.